The van der Waals surface area contributed by atoms with E-state index < -0.39 is 5.60 Å². The monoisotopic (exact) mass is 314 g/mol. The fraction of sp³-hybridized carbons (Fsp3) is 0.938. The highest BCUT2D eigenvalue weighted by atomic mass is 32.2. The Hall–Kier alpha value is -0.420. The van der Waals surface area contributed by atoms with Gasteiger partial charge in [-0.2, -0.15) is 11.8 Å². The van der Waals surface area contributed by atoms with Gasteiger partial charge in [-0.05, 0) is 58.6 Å². The Balaban J connectivity index is 1.70. The van der Waals surface area contributed by atoms with E-state index in [1.165, 1.54) is 32.1 Å². The number of hydrogen-bond donors (Lipinski definition) is 2. The van der Waals surface area contributed by atoms with E-state index in [9.17, 15) is 4.79 Å². The van der Waals surface area contributed by atoms with Crippen LogP contribution in [-0.2, 0) is 4.74 Å². The molecule has 1 amide bonds. The lowest BCUT2D eigenvalue weighted by molar-refractivity contribution is 0.0517. The molecule has 2 unspecified atom stereocenters. The highest BCUT2D eigenvalue weighted by Crippen LogP contribution is 2.46. The summed E-state index contributed by atoms with van der Waals surface area (Å²) in [6.45, 7) is 7.51. The van der Waals surface area contributed by atoms with Crippen LogP contribution in [0.2, 0.25) is 0 Å². The molecule has 2 aliphatic carbocycles. The third-order valence-corrected chi connectivity index (χ3v) is 5.91. The van der Waals surface area contributed by atoms with E-state index >= 15 is 0 Å². The quantitative estimate of drug-likeness (QED) is 0.791. The van der Waals surface area contributed by atoms with Crippen molar-refractivity contribution < 1.29 is 9.53 Å². The summed E-state index contributed by atoms with van der Waals surface area (Å²) in [5, 5.41) is 6.68. The molecule has 0 aliphatic heterocycles. The SMILES string of the molecule is CSC1(CNC2CCCC2CNC(=O)OC(C)(C)C)CC1. The van der Waals surface area contributed by atoms with Crippen LogP contribution in [0.1, 0.15) is 52.9 Å². The van der Waals surface area contributed by atoms with Gasteiger partial charge in [0.25, 0.3) is 0 Å². The van der Waals surface area contributed by atoms with Gasteiger partial charge in [-0.25, -0.2) is 4.79 Å². The van der Waals surface area contributed by atoms with Crippen molar-refractivity contribution in [3.63, 3.8) is 0 Å². The van der Waals surface area contributed by atoms with Crippen molar-refractivity contribution in [3.8, 4) is 0 Å². The van der Waals surface area contributed by atoms with Crippen LogP contribution in [0.4, 0.5) is 4.79 Å². The molecule has 0 aromatic carbocycles. The second-order valence-corrected chi connectivity index (χ2v) is 8.72. The zero-order valence-electron chi connectivity index (χ0n) is 13.8. The fourth-order valence-corrected chi connectivity index (χ4v) is 3.73. The number of hydrogen-bond acceptors (Lipinski definition) is 4. The lowest BCUT2D eigenvalue weighted by atomic mass is 10.0. The van der Waals surface area contributed by atoms with Crippen LogP contribution < -0.4 is 10.6 Å². The summed E-state index contributed by atoms with van der Waals surface area (Å²) in [5.41, 5.74) is -0.423. The first-order valence-electron chi connectivity index (χ1n) is 8.09. The van der Waals surface area contributed by atoms with Crippen molar-refractivity contribution in [1.29, 1.82) is 0 Å². The summed E-state index contributed by atoms with van der Waals surface area (Å²) in [7, 11) is 0. The van der Waals surface area contributed by atoms with Crippen LogP contribution in [-0.4, -0.2) is 41.8 Å². The largest absolute Gasteiger partial charge is 0.444 e. The molecule has 2 rings (SSSR count). The molecule has 5 heteroatoms. The Bertz CT molecular complexity index is 364. The zero-order chi connectivity index (χ0) is 15.5. The molecule has 2 aliphatic rings. The molecule has 0 spiro atoms. The Labute approximate surface area is 133 Å². The van der Waals surface area contributed by atoms with E-state index in [2.05, 4.69) is 16.9 Å². The molecule has 4 nitrogen and oxygen atoms in total. The van der Waals surface area contributed by atoms with Crippen molar-refractivity contribution in [2.45, 2.75) is 69.3 Å². The highest BCUT2D eigenvalue weighted by molar-refractivity contribution is 8.00. The molecule has 122 valence electrons. The zero-order valence-corrected chi connectivity index (χ0v) is 14.6. The lowest BCUT2D eigenvalue weighted by Gasteiger charge is -2.25. The first-order valence-corrected chi connectivity index (χ1v) is 9.31. The number of rotatable bonds is 6. The van der Waals surface area contributed by atoms with E-state index in [-0.39, 0.29) is 6.09 Å². The fourth-order valence-electron chi connectivity index (χ4n) is 2.99. The van der Waals surface area contributed by atoms with Gasteiger partial charge in [0.1, 0.15) is 5.60 Å². The summed E-state index contributed by atoms with van der Waals surface area (Å²) in [4.78, 5) is 11.7. The van der Waals surface area contributed by atoms with Gasteiger partial charge in [0.2, 0.25) is 0 Å². The van der Waals surface area contributed by atoms with Gasteiger partial charge in [0.05, 0.1) is 0 Å². The molecular weight excluding hydrogens is 284 g/mol. The Morgan fingerprint density at radius 2 is 2.05 bits per heavy atom. The van der Waals surface area contributed by atoms with Gasteiger partial charge < -0.3 is 15.4 Å². The molecule has 2 fully saturated rings. The molecule has 2 saturated carbocycles. The predicted molar refractivity (Wildman–Crippen MR) is 88.8 cm³/mol. The number of alkyl carbamates (subject to hydrolysis) is 1. The van der Waals surface area contributed by atoms with Crippen molar-refractivity contribution >= 4 is 17.9 Å². The third-order valence-electron chi connectivity index (χ3n) is 4.49. The molecule has 2 atom stereocenters. The van der Waals surface area contributed by atoms with Gasteiger partial charge in [-0.3, -0.25) is 0 Å². The summed E-state index contributed by atoms with van der Waals surface area (Å²) in [5.74, 6) is 0.537. The van der Waals surface area contributed by atoms with Crippen molar-refractivity contribution in [3.05, 3.63) is 0 Å². The maximum Gasteiger partial charge on any atom is 0.407 e. The maximum absolute atomic E-state index is 11.7. The van der Waals surface area contributed by atoms with E-state index in [0.29, 0.717) is 16.7 Å². The van der Waals surface area contributed by atoms with E-state index in [1.54, 1.807) is 0 Å². The van der Waals surface area contributed by atoms with Crippen LogP contribution in [0.3, 0.4) is 0 Å². The smallest absolute Gasteiger partial charge is 0.407 e. The van der Waals surface area contributed by atoms with E-state index in [1.807, 2.05) is 32.5 Å². The van der Waals surface area contributed by atoms with Gasteiger partial charge >= 0.3 is 6.09 Å². The van der Waals surface area contributed by atoms with Crippen molar-refractivity contribution in [2.24, 2.45) is 5.92 Å². The van der Waals surface area contributed by atoms with Crippen LogP contribution in [0.15, 0.2) is 0 Å². The second kappa shape index (κ2) is 6.78. The first kappa shape index (κ1) is 16.9. The molecule has 2 N–H and O–H groups in total. The lowest BCUT2D eigenvalue weighted by Crippen LogP contribution is -2.43. The van der Waals surface area contributed by atoms with Gasteiger partial charge in [-0.1, -0.05) is 6.42 Å². The molecule has 21 heavy (non-hydrogen) atoms. The summed E-state index contributed by atoms with van der Waals surface area (Å²) in [6, 6.07) is 0.546. The Kier molecular flexibility index (Phi) is 5.47. The van der Waals surface area contributed by atoms with Gasteiger partial charge in [-0.15, -0.1) is 0 Å². The van der Waals surface area contributed by atoms with Crippen LogP contribution in [0, 0.1) is 5.92 Å². The van der Waals surface area contributed by atoms with Gasteiger partial charge in [0.15, 0.2) is 0 Å². The molecule has 0 radical (unpaired) electrons. The Morgan fingerprint density at radius 3 is 2.62 bits per heavy atom. The molecule has 0 aromatic rings. The average molecular weight is 314 g/mol. The number of amides is 1. The van der Waals surface area contributed by atoms with Crippen LogP contribution in [0.25, 0.3) is 0 Å². The highest BCUT2D eigenvalue weighted by Gasteiger charge is 2.42. The standard InChI is InChI=1S/C16H30N2O2S/c1-15(2,3)20-14(19)17-10-12-6-5-7-13(12)18-11-16(21-4)8-9-16/h12-13,18H,5-11H2,1-4H3,(H,17,19). The molecule has 0 aromatic heterocycles. The molecule has 0 saturated heterocycles. The minimum Gasteiger partial charge on any atom is -0.444 e. The number of nitrogens with one attached hydrogen (secondary N) is 2. The molecular formula is C16H30N2O2S. The van der Waals surface area contributed by atoms with Gasteiger partial charge in [0, 0.05) is 23.9 Å². The molecule has 0 bridgehead atoms. The second-order valence-electron chi connectivity index (χ2n) is 7.45. The topological polar surface area (TPSA) is 50.4 Å². The van der Waals surface area contributed by atoms with E-state index in [4.69, 9.17) is 4.74 Å². The van der Waals surface area contributed by atoms with Crippen molar-refractivity contribution in [2.75, 3.05) is 19.3 Å². The maximum atomic E-state index is 11.7. The number of thioether (sulfide) groups is 1. The van der Waals surface area contributed by atoms with E-state index in [0.717, 1.165) is 13.1 Å². The summed E-state index contributed by atoms with van der Waals surface area (Å²) < 4.78 is 5.81. The minimum atomic E-state index is -0.423. The van der Waals surface area contributed by atoms with Crippen molar-refractivity contribution in [1.82, 2.24) is 10.6 Å². The Morgan fingerprint density at radius 1 is 1.33 bits per heavy atom. The number of carbonyl (C=O) groups is 1. The number of ether oxygens (including phenoxy) is 1. The number of carbonyl (C=O) groups excluding carboxylic acids is 1. The third kappa shape index (κ3) is 5.37. The summed E-state index contributed by atoms with van der Waals surface area (Å²) in [6.07, 6.45) is 8.28. The van der Waals surface area contributed by atoms with Crippen LogP contribution >= 0.6 is 11.8 Å². The predicted octanol–water partition coefficient (Wildman–Crippen LogP) is 3.17. The van der Waals surface area contributed by atoms with Crippen LogP contribution in [0.5, 0.6) is 0 Å². The molecule has 0 heterocycles. The summed E-state index contributed by atoms with van der Waals surface area (Å²) >= 11 is 2.00. The first-order chi connectivity index (χ1) is 9.84. The normalized spacial score (nSPS) is 27.4. The average Bonchev–Trinajstić information content (AvgIpc) is 3.03. The minimum absolute atomic E-state index is 0.295.